The van der Waals surface area contributed by atoms with Crippen molar-refractivity contribution >= 4 is 40.4 Å². The first kappa shape index (κ1) is 13.9. The number of hydrogen-bond acceptors (Lipinski definition) is 3. The van der Waals surface area contributed by atoms with Crippen molar-refractivity contribution in [3.05, 3.63) is 62.8 Å². The summed E-state index contributed by atoms with van der Waals surface area (Å²) in [4.78, 5) is 12.4. The van der Waals surface area contributed by atoms with Crippen molar-refractivity contribution in [3.63, 3.8) is 0 Å². The fourth-order valence-corrected chi connectivity index (χ4v) is 2.53. The van der Waals surface area contributed by atoms with E-state index < -0.39 is 0 Å². The van der Waals surface area contributed by atoms with Gasteiger partial charge in [-0.3, -0.25) is 4.79 Å². The molecule has 2 aromatic rings. The van der Waals surface area contributed by atoms with Crippen molar-refractivity contribution < 1.29 is 14.3 Å². The maximum absolute atomic E-state index is 12.4. The lowest BCUT2D eigenvalue weighted by molar-refractivity contribution is -0.355. The first-order valence-electron chi connectivity index (χ1n) is 6.05. The van der Waals surface area contributed by atoms with Crippen LogP contribution in [0.4, 0.5) is 5.69 Å². The summed E-state index contributed by atoms with van der Waals surface area (Å²) in [6, 6.07) is 9.40. The molecule has 1 heterocycles. The molecule has 21 heavy (non-hydrogen) atoms. The normalized spacial score (nSPS) is 13.6. The van der Waals surface area contributed by atoms with Crippen molar-refractivity contribution in [1.82, 2.24) is 0 Å². The molecule has 2 aromatic carbocycles. The molecule has 1 aliphatic rings. The van der Waals surface area contributed by atoms with Gasteiger partial charge in [-0.05, 0) is 30.3 Å². The zero-order valence-electron chi connectivity index (χ0n) is 10.9. The van der Waals surface area contributed by atoms with Gasteiger partial charge in [0.15, 0.2) is 0 Å². The van der Waals surface area contributed by atoms with E-state index in [0.717, 1.165) is 0 Å². The van der Waals surface area contributed by atoms with Gasteiger partial charge in [-0.1, -0.05) is 23.2 Å². The fourth-order valence-electron chi connectivity index (χ4n) is 2.23. The fraction of sp³-hybridized carbons (Fsp3) is 0.0667. The zero-order chi connectivity index (χ0) is 15.1. The average molecular weight is 322 g/mol. The molecule has 0 spiro atoms. The SMILES string of the molecule is COc1ccc2c(c1)[N+]([O-])=C(c1ccc(Cl)c(Cl)c1)C2=O. The number of ether oxygens (including phenoxy) is 1. The highest BCUT2D eigenvalue weighted by molar-refractivity contribution is 6.52. The summed E-state index contributed by atoms with van der Waals surface area (Å²) < 4.78 is 5.67. The van der Waals surface area contributed by atoms with Crippen LogP contribution in [-0.2, 0) is 0 Å². The van der Waals surface area contributed by atoms with Gasteiger partial charge in [0.05, 0.1) is 28.8 Å². The maximum Gasteiger partial charge on any atom is 0.273 e. The minimum absolute atomic E-state index is 0.0248. The molecule has 106 valence electrons. The number of rotatable bonds is 2. The van der Waals surface area contributed by atoms with Crippen molar-refractivity contribution in [2.45, 2.75) is 0 Å². The Morgan fingerprint density at radius 3 is 2.52 bits per heavy atom. The second-order valence-electron chi connectivity index (χ2n) is 4.48. The predicted molar refractivity (Wildman–Crippen MR) is 81.2 cm³/mol. The molecular weight excluding hydrogens is 313 g/mol. The van der Waals surface area contributed by atoms with Gasteiger partial charge in [-0.2, -0.15) is 4.74 Å². The molecule has 4 nitrogen and oxygen atoms in total. The third kappa shape index (κ3) is 2.17. The number of carbonyl (C=O) groups excluding carboxylic acids is 1. The average Bonchev–Trinajstić information content (AvgIpc) is 2.73. The third-order valence-corrected chi connectivity index (χ3v) is 4.02. The molecule has 6 heteroatoms. The van der Waals surface area contributed by atoms with Gasteiger partial charge in [-0.25, -0.2) is 0 Å². The summed E-state index contributed by atoms with van der Waals surface area (Å²) in [6.45, 7) is 0. The highest BCUT2D eigenvalue weighted by atomic mass is 35.5. The van der Waals surface area contributed by atoms with E-state index in [1.165, 1.54) is 19.2 Å². The number of hydrogen-bond donors (Lipinski definition) is 0. The lowest BCUT2D eigenvalue weighted by atomic mass is 10.0. The Labute approximate surface area is 130 Å². The number of benzene rings is 2. The Hall–Kier alpha value is -2.04. The molecule has 0 saturated carbocycles. The molecular formula is C15H9Cl2NO3. The first-order chi connectivity index (χ1) is 10.0. The number of fused-ring (bicyclic) bond motifs is 1. The lowest BCUT2D eigenvalue weighted by Crippen LogP contribution is -2.16. The van der Waals surface area contributed by atoms with Crippen LogP contribution in [0.1, 0.15) is 15.9 Å². The zero-order valence-corrected chi connectivity index (χ0v) is 12.4. The molecule has 1 aliphatic heterocycles. The van der Waals surface area contributed by atoms with Gasteiger partial charge in [0, 0.05) is 0 Å². The smallest absolute Gasteiger partial charge is 0.273 e. The number of nitrogens with zero attached hydrogens (tertiary/aromatic N) is 1. The van der Waals surface area contributed by atoms with E-state index in [1.807, 2.05) is 0 Å². The molecule has 0 fully saturated rings. The quantitative estimate of drug-likeness (QED) is 0.624. The van der Waals surface area contributed by atoms with E-state index in [-0.39, 0.29) is 22.2 Å². The summed E-state index contributed by atoms with van der Waals surface area (Å²) in [7, 11) is 1.50. The minimum Gasteiger partial charge on any atom is -0.618 e. The molecule has 0 radical (unpaired) electrons. The summed E-state index contributed by atoms with van der Waals surface area (Å²) in [5.74, 6) is 0.166. The lowest BCUT2D eigenvalue weighted by Gasteiger charge is -2.04. The highest BCUT2D eigenvalue weighted by Crippen LogP contribution is 2.32. The van der Waals surface area contributed by atoms with Gasteiger partial charge in [0.2, 0.25) is 5.69 Å². The van der Waals surface area contributed by atoms with Gasteiger partial charge in [0.1, 0.15) is 11.3 Å². The molecule has 0 aliphatic carbocycles. The second kappa shape index (κ2) is 5.06. The van der Waals surface area contributed by atoms with Crippen LogP contribution in [0.3, 0.4) is 0 Å². The van der Waals surface area contributed by atoms with Crippen molar-refractivity contribution in [1.29, 1.82) is 0 Å². The number of carbonyl (C=O) groups is 1. The van der Waals surface area contributed by atoms with Gasteiger partial charge < -0.3 is 9.94 Å². The second-order valence-corrected chi connectivity index (χ2v) is 5.30. The van der Waals surface area contributed by atoms with Gasteiger partial charge >= 0.3 is 0 Å². The van der Waals surface area contributed by atoms with Gasteiger partial charge in [-0.15, -0.1) is 0 Å². The predicted octanol–water partition coefficient (Wildman–Crippen LogP) is 3.83. The van der Waals surface area contributed by atoms with E-state index in [4.69, 9.17) is 27.9 Å². The molecule has 0 N–H and O–H groups in total. The summed E-state index contributed by atoms with van der Waals surface area (Å²) in [5.41, 5.74) is 1.06. The Kier molecular flexibility index (Phi) is 3.35. The molecule has 0 unspecified atom stereocenters. The summed E-state index contributed by atoms with van der Waals surface area (Å²) in [6.07, 6.45) is 0. The van der Waals surface area contributed by atoms with Crippen molar-refractivity contribution in [2.75, 3.05) is 7.11 Å². The Bertz CT molecular complexity index is 800. The molecule has 0 atom stereocenters. The molecule has 0 amide bonds. The summed E-state index contributed by atoms with van der Waals surface area (Å²) >= 11 is 11.8. The number of ketones is 1. The number of methoxy groups -OCH3 is 1. The largest absolute Gasteiger partial charge is 0.618 e. The van der Waals surface area contributed by atoms with Crippen LogP contribution in [0.25, 0.3) is 0 Å². The van der Waals surface area contributed by atoms with E-state index in [0.29, 0.717) is 26.6 Å². The van der Waals surface area contributed by atoms with E-state index in [9.17, 15) is 10.0 Å². The van der Waals surface area contributed by atoms with Crippen LogP contribution in [0.15, 0.2) is 36.4 Å². The molecule has 3 rings (SSSR count). The topological polar surface area (TPSA) is 52.4 Å². The summed E-state index contributed by atoms with van der Waals surface area (Å²) in [5, 5.41) is 13.1. The molecule has 0 bridgehead atoms. The number of Topliss-reactive ketones (excluding diaryl/α,β-unsaturated/α-hetero) is 1. The maximum atomic E-state index is 12.4. The van der Waals surface area contributed by atoms with Crippen molar-refractivity contribution in [2.24, 2.45) is 0 Å². The van der Waals surface area contributed by atoms with Gasteiger partial charge in [0.25, 0.3) is 11.5 Å². The van der Waals surface area contributed by atoms with Crippen LogP contribution in [0.2, 0.25) is 10.0 Å². The monoisotopic (exact) mass is 321 g/mol. The minimum atomic E-state index is -0.346. The molecule has 0 saturated heterocycles. The molecule has 0 aromatic heterocycles. The third-order valence-electron chi connectivity index (χ3n) is 3.28. The highest BCUT2D eigenvalue weighted by Gasteiger charge is 2.37. The Morgan fingerprint density at radius 2 is 1.86 bits per heavy atom. The van der Waals surface area contributed by atoms with E-state index in [1.54, 1.807) is 24.3 Å². The first-order valence-corrected chi connectivity index (χ1v) is 6.81. The number of halogens is 2. The van der Waals surface area contributed by atoms with Crippen LogP contribution in [0, 0.1) is 5.21 Å². The van der Waals surface area contributed by atoms with E-state index >= 15 is 0 Å². The Balaban J connectivity index is 2.17. The van der Waals surface area contributed by atoms with Crippen LogP contribution in [0.5, 0.6) is 5.75 Å². The van der Waals surface area contributed by atoms with Crippen LogP contribution >= 0.6 is 23.2 Å². The van der Waals surface area contributed by atoms with Crippen LogP contribution in [-0.4, -0.2) is 23.3 Å². The Morgan fingerprint density at radius 1 is 1.10 bits per heavy atom. The van der Waals surface area contributed by atoms with Crippen molar-refractivity contribution in [3.8, 4) is 5.75 Å². The standard InChI is InChI=1S/C15H9Cl2NO3/c1-21-9-3-4-10-13(7-9)18(20)14(15(10)19)8-2-5-11(16)12(17)6-8/h2-7H,1H3. The van der Waals surface area contributed by atoms with E-state index in [2.05, 4.69) is 0 Å². The van der Waals surface area contributed by atoms with Crippen LogP contribution < -0.4 is 4.74 Å².